The molecule has 7 heteroatoms. The summed E-state index contributed by atoms with van der Waals surface area (Å²) in [5.74, 6) is -1.01. The molecule has 6 nitrogen and oxygen atoms in total. The normalized spacial score (nSPS) is 9.80. The fourth-order valence-electron chi connectivity index (χ4n) is 1.48. The van der Waals surface area contributed by atoms with E-state index in [-0.39, 0.29) is 42.8 Å². The number of hydrogen-bond acceptors (Lipinski definition) is 5. The van der Waals surface area contributed by atoms with E-state index in [1.165, 1.54) is 12.1 Å². The Morgan fingerprint density at radius 1 is 1.35 bits per heavy atom. The third-order valence-electron chi connectivity index (χ3n) is 2.24. The number of rotatable bonds is 5. The number of anilines is 1. The Kier molecular flexibility index (Phi) is 7.64. The van der Waals surface area contributed by atoms with Crippen molar-refractivity contribution in [3.63, 3.8) is 0 Å². The maximum absolute atomic E-state index is 11.5. The summed E-state index contributed by atoms with van der Waals surface area (Å²) in [6.07, 6.45) is 0. The highest BCUT2D eigenvalue weighted by Crippen LogP contribution is 2.22. The minimum Gasteiger partial charge on any atom is -0.507 e. The second-order valence-corrected chi connectivity index (χ2v) is 4.24. The predicted molar refractivity (Wildman–Crippen MR) is 78.5 cm³/mol. The van der Waals surface area contributed by atoms with Crippen molar-refractivity contribution in [1.29, 1.82) is 0 Å². The zero-order valence-electron chi connectivity index (χ0n) is 11.7. The average Bonchev–Trinajstić information content (AvgIpc) is 2.27. The van der Waals surface area contributed by atoms with Crippen molar-refractivity contribution in [3.05, 3.63) is 23.8 Å². The largest absolute Gasteiger partial charge is 0.507 e. The Labute approximate surface area is 124 Å². The van der Waals surface area contributed by atoms with Gasteiger partial charge in [0.2, 0.25) is 5.91 Å². The fourth-order valence-corrected chi connectivity index (χ4v) is 1.48. The predicted octanol–water partition coefficient (Wildman–Crippen LogP) is 1.49. The Bertz CT molecular complexity index is 477. The summed E-state index contributed by atoms with van der Waals surface area (Å²) in [6.45, 7) is 2.16. The number of amides is 1. The van der Waals surface area contributed by atoms with Gasteiger partial charge in [-0.1, -0.05) is 0 Å². The number of ether oxygens (including phenoxy) is 1. The third kappa shape index (κ3) is 5.46. The van der Waals surface area contributed by atoms with E-state index in [2.05, 4.69) is 5.32 Å². The number of hydrogen-bond donors (Lipinski definition) is 2. The van der Waals surface area contributed by atoms with Crippen LogP contribution in [0.15, 0.2) is 18.2 Å². The molecule has 0 aliphatic heterocycles. The zero-order valence-corrected chi connectivity index (χ0v) is 12.5. The summed E-state index contributed by atoms with van der Waals surface area (Å²) >= 11 is 0. The number of nitrogens with zero attached hydrogens (tertiary/aromatic N) is 1. The van der Waals surface area contributed by atoms with Crippen molar-refractivity contribution < 1.29 is 19.4 Å². The van der Waals surface area contributed by atoms with Crippen LogP contribution in [-0.4, -0.2) is 49.1 Å². The molecule has 1 aromatic rings. The highest BCUT2D eigenvalue weighted by atomic mass is 35.5. The molecule has 112 valence electrons. The number of benzene rings is 1. The molecule has 0 unspecified atom stereocenters. The number of carbonyl (C=O) groups is 2. The van der Waals surface area contributed by atoms with Crippen LogP contribution in [-0.2, 0) is 9.53 Å². The summed E-state index contributed by atoms with van der Waals surface area (Å²) in [6, 6.07) is 4.28. The van der Waals surface area contributed by atoms with Crippen molar-refractivity contribution >= 4 is 30.0 Å². The van der Waals surface area contributed by atoms with Crippen molar-refractivity contribution in [2.75, 3.05) is 32.6 Å². The van der Waals surface area contributed by atoms with Crippen LogP contribution < -0.4 is 5.32 Å². The molecule has 20 heavy (non-hydrogen) atoms. The molecule has 0 saturated carbocycles. The molecule has 1 aromatic carbocycles. The van der Waals surface area contributed by atoms with Gasteiger partial charge in [0.15, 0.2) is 0 Å². The van der Waals surface area contributed by atoms with E-state index in [0.717, 1.165) is 0 Å². The van der Waals surface area contributed by atoms with Crippen molar-refractivity contribution in [1.82, 2.24) is 4.90 Å². The van der Waals surface area contributed by atoms with Crippen molar-refractivity contribution in [2.45, 2.75) is 6.92 Å². The Morgan fingerprint density at radius 2 is 2.00 bits per heavy atom. The molecular formula is C13H19ClN2O4. The molecule has 2 N–H and O–H groups in total. The van der Waals surface area contributed by atoms with Gasteiger partial charge in [0.05, 0.1) is 13.2 Å². The van der Waals surface area contributed by atoms with Crippen LogP contribution in [0.25, 0.3) is 0 Å². The van der Waals surface area contributed by atoms with Crippen LogP contribution in [0.3, 0.4) is 0 Å². The van der Waals surface area contributed by atoms with Gasteiger partial charge in [-0.15, -0.1) is 12.4 Å². The molecule has 0 aromatic heterocycles. The number of esters is 1. The van der Waals surface area contributed by atoms with Gasteiger partial charge < -0.3 is 20.1 Å². The van der Waals surface area contributed by atoms with E-state index in [1.54, 1.807) is 32.0 Å². The van der Waals surface area contributed by atoms with Gasteiger partial charge in [0, 0.05) is 11.8 Å². The molecule has 0 aliphatic rings. The van der Waals surface area contributed by atoms with Gasteiger partial charge >= 0.3 is 5.97 Å². The Balaban J connectivity index is 0.00000361. The van der Waals surface area contributed by atoms with Gasteiger partial charge in [0.25, 0.3) is 0 Å². The second kappa shape index (κ2) is 8.39. The minimum atomic E-state index is -0.592. The Hall–Kier alpha value is -1.79. The van der Waals surface area contributed by atoms with Gasteiger partial charge in [-0.05, 0) is 33.2 Å². The molecule has 0 atom stereocenters. The number of aromatic hydroxyl groups is 1. The summed E-state index contributed by atoms with van der Waals surface area (Å²) in [7, 11) is 3.56. The molecule has 0 bridgehead atoms. The van der Waals surface area contributed by atoms with Crippen LogP contribution in [0, 0.1) is 0 Å². The lowest BCUT2D eigenvalue weighted by molar-refractivity contribution is -0.116. The first-order valence-corrected chi connectivity index (χ1v) is 5.88. The van der Waals surface area contributed by atoms with Crippen LogP contribution in [0.1, 0.15) is 17.3 Å². The molecule has 0 heterocycles. The molecule has 0 saturated heterocycles. The monoisotopic (exact) mass is 302 g/mol. The SMILES string of the molecule is CCOC(=O)c1ccc(NC(=O)CN(C)C)cc1O.Cl. The fraction of sp³-hybridized carbons (Fsp3) is 0.385. The van der Waals surface area contributed by atoms with Gasteiger partial charge in [-0.2, -0.15) is 0 Å². The summed E-state index contributed by atoms with van der Waals surface area (Å²) < 4.78 is 4.79. The van der Waals surface area contributed by atoms with E-state index in [4.69, 9.17) is 4.74 Å². The van der Waals surface area contributed by atoms with Crippen molar-refractivity contribution in [2.24, 2.45) is 0 Å². The van der Waals surface area contributed by atoms with Crippen LogP contribution in [0.2, 0.25) is 0 Å². The lowest BCUT2D eigenvalue weighted by Crippen LogP contribution is -2.27. The van der Waals surface area contributed by atoms with E-state index in [9.17, 15) is 14.7 Å². The smallest absolute Gasteiger partial charge is 0.341 e. The average molecular weight is 303 g/mol. The zero-order chi connectivity index (χ0) is 14.4. The van der Waals surface area contributed by atoms with E-state index in [0.29, 0.717) is 5.69 Å². The summed E-state index contributed by atoms with van der Waals surface area (Å²) in [5.41, 5.74) is 0.504. The number of phenols is 1. The van der Waals surface area contributed by atoms with Gasteiger partial charge in [0.1, 0.15) is 11.3 Å². The third-order valence-corrected chi connectivity index (χ3v) is 2.24. The summed E-state index contributed by atoms with van der Waals surface area (Å²) in [4.78, 5) is 24.7. The van der Waals surface area contributed by atoms with E-state index < -0.39 is 5.97 Å². The van der Waals surface area contributed by atoms with Gasteiger partial charge in [-0.25, -0.2) is 4.79 Å². The van der Waals surface area contributed by atoms with Crippen LogP contribution in [0.4, 0.5) is 5.69 Å². The molecule has 1 rings (SSSR count). The quantitative estimate of drug-likeness (QED) is 0.806. The van der Waals surface area contributed by atoms with E-state index in [1.807, 2.05) is 0 Å². The minimum absolute atomic E-state index is 0. The van der Waals surface area contributed by atoms with Crippen LogP contribution >= 0.6 is 12.4 Å². The number of likely N-dealkylation sites (N-methyl/N-ethyl adjacent to an activating group) is 1. The highest BCUT2D eigenvalue weighted by Gasteiger charge is 2.13. The summed E-state index contributed by atoms with van der Waals surface area (Å²) in [5, 5.41) is 12.3. The first-order chi connectivity index (χ1) is 8.93. The molecule has 1 amide bonds. The molecular weight excluding hydrogens is 284 g/mol. The Morgan fingerprint density at radius 3 is 2.50 bits per heavy atom. The molecule has 0 spiro atoms. The standard InChI is InChI=1S/C13H18N2O4.ClH/c1-4-19-13(18)10-6-5-9(7-11(10)16)14-12(17)8-15(2)3;/h5-7,16H,4,8H2,1-3H3,(H,14,17);1H. The number of carbonyl (C=O) groups excluding carboxylic acids is 2. The molecule has 0 radical (unpaired) electrons. The lowest BCUT2D eigenvalue weighted by atomic mass is 10.2. The maximum Gasteiger partial charge on any atom is 0.341 e. The molecule has 0 fully saturated rings. The number of nitrogens with one attached hydrogen (secondary N) is 1. The second-order valence-electron chi connectivity index (χ2n) is 4.24. The van der Waals surface area contributed by atoms with Crippen molar-refractivity contribution in [3.8, 4) is 5.75 Å². The van der Waals surface area contributed by atoms with Gasteiger partial charge in [-0.3, -0.25) is 4.79 Å². The molecule has 0 aliphatic carbocycles. The first kappa shape index (κ1) is 18.2. The first-order valence-electron chi connectivity index (χ1n) is 5.88. The topological polar surface area (TPSA) is 78.9 Å². The van der Waals surface area contributed by atoms with Crippen LogP contribution in [0.5, 0.6) is 5.75 Å². The number of phenolic OH excluding ortho intramolecular Hbond substituents is 1. The maximum atomic E-state index is 11.5. The highest BCUT2D eigenvalue weighted by molar-refractivity contribution is 5.95. The number of halogens is 1. The lowest BCUT2D eigenvalue weighted by Gasteiger charge is -2.11. The van der Waals surface area contributed by atoms with E-state index >= 15 is 0 Å².